The van der Waals surface area contributed by atoms with E-state index in [2.05, 4.69) is 0 Å². The first kappa shape index (κ1) is 19.7. The molecule has 0 N–H and O–H groups in total. The molecule has 3 nitrogen and oxygen atoms in total. The van der Waals surface area contributed by atoms with Gasteiger partial charge in [-0.2, -0.15) is 0 Å². The molecule has 0 fully saturated rings. The van der Waals surface area contributed by atoms with E-state index in [0.29, 0.717) is 22.8 Å². The number of Topliss-reactive ketones (excluding diaryl/α,β-unsaturated/α-hetero) is 1. The Morgan fingerprint density at radius 2 is 1.79 bits per heavy atom. The Kier molecular flexibility index (Phi) is 5.74. The van der Waals surface area contributed by atoms with Crippen molar-refractivity contribution in [3.63, 3.8) is 0 Å². The van der Waals surface area contributed by atoms with Gasteiger partial charge < -0.3 is 4.74 Å². The molecule has 1 aliphatic rings. The van der Waals surface area contributed by atoms with E-state index in [0.717, 1.165) is 21.6 Å². The summed E-state index contributed by atoms with van der Waals surface area (Å²) in [6.45, 7) is 1.84. The van der Waals surface area contributed by atoms with E-state index >= 15 is 0 Å². The van der Waals surface area contributed by atoms with Gasteiger partial charge in [-0.1, -0.05) is 66.2 Å². The summed E-state index contributed by atoms with van der Waals surface area (Å²) in [7, 11) is 0. The number of fused-ring (bicyclic) bond motifs is 1. The van der Waals surface area contributed by atoms with Crippen LogP contribution in [0.25, 0.3) is 0 Å². The van der Waals surface area contributed by atoms with Crippen molar-refractivity contribution in [2.24, 2.45) is 0 Å². The lowest BCUT2D eigenvalue weighted by atomic mass is 9.94. The fraction of sp³-hybridized carbons (Fsp3) is 0.167. The maximum atomic E-state index is 12.9. The largest absolute Gasteiger partial charge is 0.424 e. The van der Waals surface area contributed by atoms with Crippen molar-refractivity contribution in [2.45, 2.75) is 24.2 Å². The molecule has 146 valence electrons. The second kappa shape index (κ2) is 8.44. The minimum atomic E-state index is -0.373. The number of ether oxygens (including phenoxy) is 1. The molecule has 0 heterocycles. The lowest BCUT2D eigenvalue weighted by Gasteiger charge is -2.16. The first-order valence-electron chi connectivity index (χ1n) is 9.34. The Bertz CT molecular complexity index is 1080. The zero-order chi connectivity index (χ0) is 20.4. The lowest BCUT2D eigenvalue weighted by molar-refractivity contribution is -0.131. The first-order chi connectivity index (χ1) is 14.0. The summed E-state index contributed by atoms with van der Waals surface area (Å²) < 4.78 is 5.61. The van der Waals surface area contributed by atoms with Crippen LogP contribution in [0.3, 0.4) is 0 Å². The number of hydrogen-bond acceptors (Lipinski definition) is 4. The molecule has 3 aromatic rings. The summed E-state index contributed by atoms with van der Waals surface area (Å²) in [6.07, 6.45) is 0.606. The number of halogens is 1. The van der Waals surface area contributed by atoms with Crippen LogP contribution >= 0.6 is 23.4 Å². The van der Waals surface area contributed by atoms with Gasteiger partial charge in [-0.05, 0) is 42.2 Å². The van der Waals surface area contributed by atoms with Gasteiger partial charge in [-0.3, -0.25) is 9.59 Å². The van der Waals surface area contributed by atoms with Gasteiger partial charge in [0.1, 0.15) is 0 Å². The second-order valence-electron chi connectivity index (χ2n) is 6.97. The summed E-state index contributed by atoms with van der Waals surface area (Å²) in [4.78, 5) is 26.3. The van der Waals surface area contributed by atoms with Crippen LogP contribution in [-0.4, -0.2) is 17.5 Å². The minimum absolute atomic E-state index is 0.0586. The van der Waals surface area contributed by atoms with Gasteiger partial charge in [0.25, 0.3) is 0 Å². The molecule has 0 saturated carbocycles. The van der Waals surface area contributed by atoms with E-state index in [4.69, 9.17) is 16.3 Å². The zero-order valence-corrected chi connectivity index (χ0v) is 17.4. The number of thioether (sulfide) groups is 1. The van der Waals surface area contributed by atoms with Crippen molar-refractivity contribution in [2.75, 3.05) is 5.75 Å². The predicted octanol–water partition coefficient (Wildman–Crippen LogP) is 5.87. The van der Waals surface area contributed by atoms with Gasteiger partial charge in [0.2, 0.25) is 0 Å². The van der Waals surface area contributed by atoms with Crippen LogP contribution in [0.2, 0.25) is 5.02 Å². The molecule has 1 unspecified atom stereocenters. The van der Waals surface area contributed by atoms with E-state index < -0.39 is 0 Å². The van der Waals surface area contributed by atoms with Crippen LogP contribution in [-0.2, 0) is 11.2 Å². The summed E-state index contributed by atoms with van der Waals surface area (Å²) in [6, 6.07) is 21.0. The van der Waals surface area contributed by atoms with Gasteiger partial charge in [-0.15, -0.1) is 11.8 Å². The highest BCUT2D eigenvalue weighted by molar-refractivity contribution is 8.00. The van der Waals surface area contributed by atoms with Gasteiger partial charge in [0.05, 0.1) is 16.7 Å². The molecule has 0 aromatic heterocycles. The molecule has 0 radical (unpaired) electrons. The van der Waals surface area contributed by atoms with Gasteiger partial charge >= 0.3 is 5.97 Å². The highest BCUT2D eigenvalue weighted by Gasteiger charge is 2.33. The van der Waals surface area contributed by atoms with Crippen LogP contribution in [0.4, 0.5) is 0 Å². The Morgan fingerprint density at radius 1 is 1.07 bits per heavy atom. The van der Waals surface area contributed by atoms with Gasteiger partial charge in [0.15, 0.2) is 11.5 Å². The second-order valence-corrected chi connectivity index (χ2v) is 8.40. The molecule has 0 saturated heterocycles. The Hall–Kier alpha value is -2.56. The zero-order valence-electron chi connectivity index (χ0n) is 15.9. The molecule has 0 aliphatic heterocycles. The number of benzene rings is 3. The molecule has 3 aromatic carbocycles. The average Bonchev–Trinajstić information content (AvgIpc) is 3.07. The van der Waals surface area contributed by atoms with Crippen LogP contribution in [0, 0.1) is 6.92 Å². The van der Waals surface area contributed by atoms with E-state index in [1.54, 1.807) is 0 Å². The Labute approximate surface area is 179 Å². The molecule has 5 heteroatoms. The van der Waals surface area contributed by atoms with E-state index in [1.807, 2.05) is 73.7 Å². The summed E-state index contributed by atoms with van der Waals surface area (Å²) in [5.74, 6) is -0.147. The van der Waals surface area contributed by atoms with Crippen LogP contribution in [0.1, 0.15) is 33.0 Å². The van der Waals surface area contributed by atoms with E-state index in [-0.39, 0.29) is 23.4 Å². The molecule has 1 aliphatic carbocycles. The third kappa shape index (κ3) is 4.09. The van der Waals surface area contributed by atoms with Crippen LogP contribution in [0.15, 0.2) is 71.6 Å². The average molecular weight is 423 g/mol. The van der Waals surface area contributed by atoms with Crippen molar-refractivity contribution >= 4 is 35.1 Å². The fourth-order valence-electron chi connectivity index (χ4n) is 3.55. The molecule has 0 spiro atoms. The Balaban J connectivity index is 1.53. The minimum Gasteiger partial charge on any atom is -0.424 e. The highest BCUT2D eigenvalue weighted by atomic mass is 35.5. The highest BCUT2D eigenvalue weighted by Crippen LogP contribution is 2.41. The Morgan fingerprint density at radius 3 is 2.55 bits per heavy atom. The number of ketones is 1. The molecule has 4 rings (SSSR count). The van der Waals surface area contributed by atoms with Crippen molar-refractivity contribution in [1.29, 1.82) is 0 Å². The third-order valence-corrected chi connectivity index (χ3v) is 6.41. The predicted molar refractivity (Wildman–Crippen MR) is 116 cm³/mol. The number of hydrogen-bond donors (Lipinski definition) is 0. The van der Waals surface area contributed by atoms with Gasteiger partial charge in [-0.25, -0.2) is 0 Å². The summed E-state index contributed by atoms with van der Waals surface area (Å²) in [5.41, 5.74) is 3.24. The van der Waals surface area contributed by atoms with Crippen molar-refractivity contribution in [1.82, 2.24) is 0 Å². The number of carbonyl (C=O) groups excluding carboxylic acids is 2. The summed E-state index contributed by atoms with van der Waals surface area (Å²) in [5, 5.41) is 0.342. The molecule has 0 amide bonds. The molecular weight excluding hydrogens is 404 g/mol. The standard InChI is InChI=1S/C24H19ClO3S/c1-15-11-12-19(20-13-16-7-5-6-10-18(16)23(20)27)22(25)24(15)28-21(26)14-29-17-8-3-2-4-9-17/h2-12,20H,13-14H2,1H3. The third-order valence-electron chi connectivity index (χ3n) is 5.04. The normalized spacial score (nSPS) is 15.2. The number of carbonyl (C=O) groups is 2. The molecule has 1 atom stereocenters. The van der Waals surface area contributed by atoms with Crippen LogP contribution < -0.4 is 4.74 Å². The maximum Gasteiger partial charge on any atom is 0.321 e. The van der Waals surface area contributed by atoms with Crippen LogP contribution in [0.5, 0.6) is 5.75 Å². The van der Waals surface area contributed by atoms with Crippen molar-refractivity contribution in [3.8, 4) is 5.75 Å². The SMILES string of the molecule is Cc1ccc(C2Cc3ccccc3C2=O)c(Cl)c1OC(=O)CSc1ccccc1. The maximum absolute atomic E-state index is 12.9. The topological polar surface area (TPSA) is 43.4 Å². The first-order valence-corrected chi connectivity index (χ1v) is 10.7. The van der Waals surface area contributed by atoms with E-state index in [1.165, 1.54) is 11.8 Å². The molecule has 29 heavy (non-hydrogen) atoms. The fourth-order valence-corrected chi connectivity index (χ4v) is 4.63. The lowest BCUT2D eigenvalue weighted by Crippen LogP contribution is -2.14. The van der Waals surface area contributed by atoms with Gasteiger partial charge in [0, 0.05) is 10.5 Å². The quantitative estimate of drug-likeness (QED) is 0.293. The summed E-state index contributed by atoms with van der Waals surface area (Å²) >= 11 is 8.04. The van der Waals surface area contributed by atoms with Crippen molar-refractivity contribution < 1.29 is 14.3 Å². The van der Waals surface area contributed by atoms with E-state index in [9.17, 15) is 9.59 Å². The number of rotatable bonds is 5. The van der Waals surface area contributed by atoms with Crippen molar-refractivity contribution in [3.05, 3.63) is 94.0 Å². The number of aryl methyl sites for hydroxylation is 1. The molecular formula is C24H19ClO3S. The number of esters is 1. The molecule has 0 bridgehead atoms. The smallest absolute Gasteiger partial charge is 0.321 e. The monoisotopic (exact) mass is 422 g/mol.